The van der Waals surface area contributed by atoms with Crippen LogP contribution in [0, 0.1) is 0 Å². The Labute approximate surface area is 168 Å². The van der Waals surface area contributed by atoms with Crippen molar-refractivity contribution < 1.29 is 19.6 Å². The molecule has 0 aromatic heterocycles. The average Bonchev–Trinajstić information content (AvgIpc) is 2.68. The second kappa shape index (κ2) is 15.8. The summed E-state index contributed by atoms with van der Waals surface area (Å²) < 4.78 is 4.95. The van der Waals surface area contributed by atoms with Gasteiger partial charge in [0.05, 0.1) is 6.61 Å². The van der Waals surface area contributed by atoms with E-state index >= 15 is 0 Å². The zero-order valence-electron chi connectivity index (χ0n) is 16.3. The highest BCUT2D eigenvalue weighted by Gasteiger charge is 2.09. The zero-order valence-corrected chi connectivity index (χ0v) is 17.1. The van der Waals surface area contributed by atoms with Gasteiger partial charge in [0.25, 0.3) is 0 Å². The number of rotatable bonds is 16. The van der Waals surface area contributed by atoms with Crippen molar-refractivity contribution in [3.05, 3.63) is 42.5 Å². The van der Waals surface area contributed by atoms with Crippen LogP contribution >= 0.6 is 11.8 Å². The second-order valence-corrected chi connectivity index (χ2v) is 7.83. The van der Waals surface area contributed by atoms with Crippen molar-refractivity contribution in [2.45, 2.75) is 63.5 Å². The molecule has 27 heavy (non-hydrogen) atoms. The van der Waals surface area contributed by atoms with Crippen LogP contribution in [-0.4, -0.2) is 35.5 Å². The first kappa shape index (κ1) is 23.8. The molecule has 0 aliphatic carbocycles. The van der Waals surface area contributed by atoms with Crippen molar-refractivity contribution in [1.82, 2.24) is 0 Å². The Morgan fingerprint density at radius 2 is 1.52 bits per heavy atom. The number of esters is 1. The summed E-state index contributed by atoms with van der Waals surface area (Å²) in [5.41, 5.74) is 1.77. The Morgan fingerprint density at radius 3 is 2.07 bits per heavy atom. The molecule has 0 unspecified atom stereocenters. The van der Waals surface area contributed by atoms with E-state index in [2.05, 4.69) is 6.58 Å². The molecular weight excluding hydrogens is 359 g/mol. The number of unbranched alkanes of at least 4 members (excludes halogenated alkanes) is 8. The zero-order chi connectivity index (χ0) is 19.7. The predicted octanol–water partition coefficient (Wildman–Crippen LogP) is 3.84. The molecular formula is C21H33BO4S. The third kappa shape index (κ3) is 12.7. The molecule has 0 atom stereocenters. The first-order valence-electron chi connectivity index (χ1n) is 9.95. The van der Waals surface area contributed by atoms with Crippen molar-refractivity contribution >= 4 is 30.3 Å². The van der Waals surface area contributed by atoms with E-state index in [0.29, 0.717) is 12.1 Å². The summed E-state index contributed by atoms with van der Waals surface area (Å²) in [5, 5.41) is 18.1. The van der Waals surface area contributed by atoms with Gasteiger partial charge in [-0.2, -0.15) is 11.8 Å². The molecule has 0 fully saturated rings. The molecule has 2 N–H and O–H groups in total. The molecule has 4 nitrogen and oxygen atoms in total. The van der Waals surface area contributed by atoms with Crippen molar-refractivity contribution in [2.24, 2.45) is 0 Å². The van der Waals surface area contributed by atoms with Gasteiger partial charge in [-0.25, -0.2) is 4.79 Å². The number of carbonyl (C=O) groups excluding carboxylic acids is 1. The molecule has 0 radical (unpaired) electrons. The normalized spacial score (nSPS) is 10.6. The SMILES string of the molecule is C=CC(=O)OCCCCCCCCCCCSCc1ccc(B(O)O)cc1. The number of ether oxygens (including phenoxy) is 1. The maximum atomic E-state index is 10.9. The van der Waals surface area contributed by atoms with Gasteiger partial charge in [-0.1, -0.05) is 75.8 Å². The van der Waals surface area contributed by atoms with Gasteiger partial charge in [-0.15, -0.1) is 0 Å². The third-order valence-electron chi connectivity index (χ3n) is 4.39. The smallest absolute Gasteiger partial charge is 0.463 e. The van der Waals surface area contributed by atoms with Crippen LogP contribution in [0.25, 0.3) is 0 Å². The lowest BCUT2D eigenvalue weighted by molar-refractivity contribution is -0.137. The average molecular weight is 392 g/mol. The fraction of sp³-hybridized carbons (Fsp3) is 0.571. The maximum Gasteiger partial charge on any atom is 0.488 e. The van der Waals surface area contributed by atoms with Gasteiger partial charge in [0.1, 0.15) is 0 Å². The Morgan fingerprint density at radius 1 is 0.963 bits per heavy atom. The fourth-order valence-corrected chi connectivity index (χ4v) is 3.73. The largest absolute Gasteiger partial charge is 0.488 e. The molecule has 0 heterocycles. The van der Waals surface area contributed by atoms with Crippen LogP contribution in [0.1, 0.15) is 63.4 Å². The Balaban J connectivity index is 1.84. The molecule has 0 aliphatic heterocycles. The quantitative estimate of drug-likeness (QED) is 0.194. The van der Waals surface area contributed by atoms with E-state index < -0.39 is 7.12 Å². The molecule has 6 heteroatoms. The van der Waals surface area contributed by atoms with Gasteiger partial charge in [-0.05, 0) is 29.6 Å². The van der Waals surface area contributed by atoms with Crippen LogP contribution in [0.15, 0.2) is 36.9 Å². The summed E-state index contributed by atoms with van der Waals surface area (Å²) in [6, 6.07) is 7.47. The molecule has 1 aromatic rings. The van der Waals surface area contributed by atoms with Crippen molar-refractivity contribution in [2.75, 3.05) is 12.4 Å². The molecule has 1 rings (SSSR count). The monoisotopic (exact) mass is 392 g/mol. The summed E-state index contributed by atoms with van der Waals surface area (Å²) in [6.07, 6.45) is 12.2. The van der Waals surface area contributed by atoms with Crippen LogP contribution in [0.2, 0.25) is 0 Å². The summed E-state index contributed by atoms with van der Waals surface area (Å²) >= 11 is 1.94. The highest BCUT2D eigenvalue weighted by Crippen LogP contribution is 2.15. The molecule has 1 aromatic carbocycles. The lowest BCUT2D eigenvalue weighted by Gasteiger charge is -2.05. The number of carbonyl (C=O) groups is 1. The van der Waals surface area contributed by atoms with Gasteiger partial charge in [-0.3, -0.25) is 0 Å². The molecule has 0 bridgehead atoms. The van der Waals surface area contributed by atoms with Gasteiger partial charge in [0, 0.05) is 11.8 Å². The van der Waals surface area contributed by atoms with E-state index in [9.17, 15) is 4.79 Å². The molecule has 0 spiro atoms. The van der Waals surface area contributed by atoms with Crippen molar-refractivity contribution in [3.8, 4) is 0 Å². The topological polar surface area (TPSA) is 66.8 Å². The lowest BCUT2D eigenvalue weighted by Crippen LogP contribution is -2.29. The van der Waals surface area contributed by atoms with Crippen LogP contribution in [0.4, 0.5) is 0 Å². The third-order valence-corrected chi connectivity index (χ3v) is 5.51. The highest BCUT2D eigenvalue weighted by atomic mass is 32.2. The standard InChI is InChI=1S/C21H33BO4S/c1-2-21(23)26-16-10-8-6-4-3-5-7-9-11-17-27-18-19-12-14-20(15-13-19)22(24)25/h2,12-15,24-25H,1,3-11,16-18H2. The van der Waals surface area contributed by atoms with E-state index in [4.69, 9.17) is 14.8 Å². The summed E-state index contributed by atoms with van der Waals surface area (Å²) in [7, 11) is -1.38. The molecule has 0 saturated heterocycles. The lowest BCUT2D eigenvalue weighted by atomic mass is 9.80. The molecule has 0 amide bonds. The van der Waals surface area contributed by atoms with Gasteiger partial charge in [0.2, 0.25) is 0 Å². The predicted molar refractivity (Wildman–Crippen MR) is 115 cm³/mol. The van der Waals surface area contributed by atoms with Crippen LogP contribution in [0.5, 0.6) is 0 Å². The van der Waals surface area contributed by atoms with Crippen LogP contribution in [0.3, 0.4) is 0 Å². The second-order valence-electron chi connectivity index (χ2n) is 6.72. The van der Waals surface area contributed by atoms with Crippen molar-refractivity contribution in [3.63, 3.8) is 0 Å². The van der Waals surface area contributed by atoms with Crippen LogP contribution in [-0.2, 0) is 15.3 Å². The number of thioether (sulfide) groups is 1. The van der Waals surface area contributed by atoms with Crippen LogP contribution < -0.4 is 5.46 Å². The van der Waals surface area contributed by atoms with Gasteiger partial charge in [0.15, 0.2) is 0 Å². The molecule has 0 saturated carbocycles. The van der Waals surface area contributed by atoms with Gasteiger partial charge < -0.3 is 14.8 Å². The summed E-state index contributed by atoms with van der Waals surface area (Å²) in [4.78, 5) is 10.9. The maximum absolute atomic E-state index is 10.9. The number of hydrogen-bond acceptors (Lipinski definition) is 5. The first-order valence-corrected chi connectivity index (χ1v) is 11.1. The highest BCUT2D eigenvalue weighted by molar-refractivity contribution is 7.98. The van der Waals surface area contributed by atoms with Gasteiger partial charge >= 0.3 is 13.1 Å². The van der Waals surface area contributed by atoms with E-state index in [0.717, 1.165) is 18.6 Å². The van der Waals surface area contributed by atoms with E-state index in [-0.39, 0.29) is 5.97 Å². The first-order chi connectivity index (χ1) is 13.1. The Hall–Kier alpha value is -1.24. The van der Waals surface area contributed by atoms with Crippen molar-refractivity contribution in [1.29, 1.82) is 0 Å². The number of benzene rings is 1. The molecule has 150 valence electrons. The van der Waals surface area contributed by atoms with E-state index in [1.165, 1.54) is 62.3 Å². The van der Waals surface area contributed by atoms with E-state index in [1.807, 2.05) is 23.9 Å². The minimum atomic E-state index is -1.38. The summed E-state index contributed by atoms with van der Waals surface area (Å²) in [6.45, 7) is 3.88. The Kier molecular flexibility index (Phi) is 13.9. The fourth-order valence-electron chi connectivity index (χ4n) is 2.75. The molecule has 0 aliphatic rings. The number of hydrogen-bond donors (Lipinski definition) is 2. The summed E-state index contributed by atoms with van der Waals surface area (Å²) in [5.74, 6) is 1.82. The minimum absolute atomic E-state index is 0.326. The minimum Gasteiger partial charge on any atom is -0.463 e. The van der Waals surface area contributed by atoms with E-state index in [1.54, 1.807) is 12.1 Å². The Bertz CT molecular complexity index is 519.